The molecular formula is C18H21N2NaO6S. The zero-order valence-corrected chi connectivity index (χ0v) is 19.2. The largest absolute Gasteiger partial charge is 1.00 e. The summed E-state index contributed by atoms with van der Waals surface area (Å²) in [5.41, 5.74) is 0.537. The predicted molar refractivity (Wildman–Crippen MR) is 97.0 cm³/mol. The molecule has 2 fully saturated rings. The second-order valence-corrected chi connectivity index (χ2v) is 8.92. The topological polar surface area (TPSA) is 110 Å². The van der Waals surface area contributed by atoms with Crippen molar-refractivity contribution in [3.63, 3.8) is 0 Å². The summed E-state index contributed by atoms with van der Waals surface area (Å²) < 4.78 is 4.31. The number of benzene rings is 1. The van der Waals surface area contributed by atoms with E-state index in [9.17, 15) is 24.6 Å². The second-order valence-electron chi connectivity index (χ2n) is 7.14. The van der Waals surface area contributed by atoms with Crippen molar-refractivity contribution in [3.8, 4) is 5.75 Å². The summed E-state index contributed by atoms with van der Waals surface area (Å²) in [6.07, 6.45) is -1.56. The van der Waals surface area contributed by atoms with Gasteiger partial charge in [0.05, 0.1) is 24.5 Å². The van der Waals surface area contributed by atoms with Gasteiger partial charge in [0.25, 0.3) is 5.91 Å². The Bertz CT molecular complexity index is 787. The van der Waals surface area contributed by atoms with Crippen LogP contribution in [0, 0.1) is 5.92 Å². The molecule has 0 unspecified atom stereocenters. The van der Waals surface area contributed by atoms with Gasteiger partial charge in [0.1, 0.15) is 17.8 Å². The van der Waals surface area contributed by atoms with Crippen LogP contribution in [0.4, 0.5) is 5.69 Å². The fraction of sp³-hybridized carbons (Fsp3) is 0.500. The maximum absolute atomic E-state index is 12.7. The number of anilines is 1. The second kappa shape index (κ2) is 8.23. The molecule has 10 heteroatoms. The number of nitrogens with zero attached hydrogens (tertiary/aromatic N) is 2. The van der Waals surface area contributed by atoms with Crippen molar-refractivity contribution in [3.05, 3.63) is 24.3 Å². The van der Waals surface area contributed by atoms with Crippen LogP contribution >= 0.6 is 11.8 Å². The number of fused-ring (bicyclic) bond motifs is 1. The number of β-lactam (4-membered cyclic amide) rings is 1. The molecule has 2 amide bonds. The van der Waals surface area contributed by atoms with Gasteiger partial charge in [-0.15, -0.1) is 11.8 Å². The third kappa shape index (κ3) is 3.66. The maximum atomic E-state index is 12.7. The predicted octanol–water partition coefficient (Wildman–Crippen LogP) is -3.55. The Morgan fingerprint density at radius 2 is 1.89 bits per heavy atom. The standard InChI is InChI=1S/C18H22N2O6S.Na/c1-18(2)13(17(24)25)20-14(22)11(16(20)27-18)12(21)15(23)19(3)9-5-7-10(26-4)8-6-9;/h5-8,11-13,16,21H,1-4H3,(H,24,25);/q;+1/p-1/t11-,12+,13+,16-;/m1./s1. The van der Waals surface area contributed by atoms with Crippen molar-refractivity contribution in [2.45, 2.75) is 36.1 Å². The molecular weight excluding hydrogens is 395 g/mol. The number of thioether (sulfide) groups is 1. The molecule has 146 valence electrons. The van der Waals surface area contributed by atoms with E-state index in [4.69, 9.17) is 4.74 Å². The smallest absolute Gasteiger partial charge is 0.548 e. The van der Waals surface area contributed by atoms with Crippen LogP contribution in [0.2, 0.25) is 0 Å². The molecule has 1 aromatic rings. The van der Waals surface area contributed by atoms with Crippen molar-refractivity contribution in [1.29, 1.82) is 0 Å². The number of carbonyl (C=O) groups is 3. The Hall–Kier alpha value is -1.26. The number of hydrogen-bond acceptors (Lipinski definition) is 7. The van der Waals surface area contributed by atoms with Gasteiger partial charge in [-0.25, -0.2) is 0 Å². The van der Waals surface area contributed by atoms with Gasteiger partial charge < -0.3 is 29.5 Å². The summed E-state index contributed by atoms with van der Waals surface area (Å²) in [7, 11) is 3.03. The average molecular weight is 416 g/mol. The Balaban J connectivity index is 0.00000280. The summed E-state index contributed by atoms with van der Waals surface area (Å²) >= 11 is 1.26. The van der Waals surface area contributed by atoms with E-state index in [-0.39, 0.29) is 29.6 Å². The fourth-order valence-corrected chi connectivity index (χ4v) is 5.31. The number of aliphatic hydroxyl groups excluding tert-OH is 1. The number of hydrogen-bond donors (Lipinski definition) is 1. The fourth-order valence-electron chi connectivity index (χ4n) is 3.60. The normalized spacial score (nSPS) is 25.8. The minimum absolute atomic E-state index is 0. The number of amides is 2. The van der Waals surface area contributed by atoms with Gasteiger partial charge in [-0.3, -0.25) is 9.59 Å². The van der Waals surface area contributed by atoms with Gasteiger partial charge in [0.15, 0.2) is 0 Å². The van der Waals surface area contributed by atoms with Crippen LogP contribution in [-0.2, 0) is 14.4 Å². The quantitative estimate of drug-likeness (QED) is 0.391. The monoisotopic (exact) mass is 416 g/mol. The molecule has 2 saturated heterocycles. The van der Waals surface area contributed by atoms with E-state index in [0.717, 1.165) is 0 Å². The van der Waals surface area contributed by atoms with Gasteiger partial charge in [-0.05, 0) is 38.1 Å². The number of rotatable bonds is 5. The van der Waals surface area contributed by atoms with Gasteiger partial charge in [0.2, 0.25) is 5.91 Å². The van der Waals surface area contributed by atoms with E-state index >= 15 is 0 Å². The summed E-state index contributed by atoms with van der Waals surface area (Å²) in [5, 5.41) is 21.4. The van der Waals surface area contributed by atoms with Crippen LogP contribution in [-0.4, -0.2) is 64.2 Å². The van der Waals surface area contributed by atoms with Crippen LogP contribution in [0.3, 0.4) is 0 Å². The first kappa shape index (κ1) is 23.0. The molecule has 1 aromatic carbocycles. The minimum Gasteiger partial charge on any atom is -0.548 e. The maximum Gasteiger partial charge on any atom is 1.00 e. The van der Waals surface area contributed by atoms with Crippen LogP contribution < -0.4 is 44.3 Å². The number of aliphatic hydroxyl groups is 1. The molecule has 8 nitrogen and oxygen atoms in total. The van der Waals surface area contributed by atoms with Gasteiger partial charge >= 0.3 is 29.6 Å². The van der Waals surface area contributed by atoms with E-state index in [0.29, 0.717) is 11.4 Å². The summed E-state index contributed by atoms with van der Waals surface area (Å²) in [5.74, 6) is -2.86. The molecule has 0 bridgehead atoms. The number of aliphatic carboxylic acids is 1. The van der Waals surface area contributed by atoms with Gasteiger partial charge in [-0.2, -0.15) is 0 Å². The van der Waals surface area contributed by atoms with E-state index in [1.807, 2.05) is 0 Å². The van der Waals surface area contributed by atoms with Gasteiger partial charge in [0, 0.05) is 17.5 Å². The number of carbonyl (C=O) groups excluding carboxylic acids is 3. The molecule has 2 heterocycles. The summed E-state index contributed by atoms with van der Waals surface area (Å²) in [4.78, 5) is 39.1. The Morgan fingerprint density at radius 1 is 1.32 bits per heavy atom. The molecule has 0 aromatic heterocycles. The van der Waals surface area contributed by atoms with Crippen molar-refractivity contribution < 1.29 is 58.9 Å². The molecule has 4 atom stereocenters. The third-order valence-electron chi connectivity index (χ3n) is 5.09. The van der Waals surface area contributed by atoms with Crippen LogP contribution in [0.25, 0.3) is 0 Å². The Labute approximate surface area is 189 Å². The molecule has 0 spiro atoms. The van der Waals surface area contributed by atoms with Crippen molar-refractivity contribution >= 4 is 35.2 Å². The Morgan fingerprint density at radius 3 is 2.39 bits per heavy atom. The molecule has 0 saturated carbocycles. The molecule has 2 aliphatic rings. The van der Waals surface area contributed by atoms with Crippen molar-refractivity contribution in [2.24, 2.45) is 5.92 Å². The number of carboxylic acid groups (broad SMARTS) is 1. The average Bonchev–Trinajstić information content (AvgIpc) is 2.88. The summed E-state index contributed by atoms with van der Waals surface area (Å²) in [6.45, 7) is 3.41. The molecule has 0 radical (unpaired) electrons. The van der Waals surface area contributed by atoms with E-state index in [1.165, 1.54) is 35.7 Å². The van der Waals surface area contributed by atoms with E-state index in [2.05, 4.69) is 0 Å². The number of carboxylic acids is 1. The molecule has 3 rings (SSSR count). The van der Waals surface area contributed by atoms with Crippen LogP contribution in [0.1, 0.15) is 13.8 Å². The molecule has 28 heavy (non-hydrogen) atoms. The zero-order valence-electron chi connectivity index (χ0n) is 16.4. The Kier molecular flexibility index (Phi) is 6.77. The first-order chi connectivity index (χ1) is 12.6. The molecule has 1 N–H and O–H groups in total. The molecule has 2 aliphatic heterocycles. The first-order valence-corrected chi connectivity index (χ1v) is 9.28. The minimum atomic E-state index is -1.56. The van der Waals surface area contributed by atoms with Crippen LogP contribution in [0.15, 0.2) is 24.3 Å². The van der Waals surface area contributed by atoms with E-state index in [1.54, 1.807) is 38.1 Å². The number of methoxy groups -OCH3 is 1. The van der Waals surface area contributed by atoms with E-state index < -0.39 is 46.0 Å². The SMILES string of the molecule is COc1ccc(N(C)C(=O)[C@@H](O)[C@@H]2C(=O)N3[C@@H]2SC(C)(C)[C@@H]3C(=O)[O-])cc1.[Na+]. The third-order valence-corrected chi connectivity index (χ3v) is 6.68. The zero-order chi connectivity index (χ0) is 20.1. The number of ether oxygens (including phenoxy) is 1. The number of likely N-dealkylation sites (N-methyl/N-ethyl adjacent to an activating group) is 1. The molecule has 0 aliphatic carbocycles. The van der Waals surface area contributed by atoms with Crippen molar-refractivity contribution in [2.75, 3.05) is 19.1 Å². The first-order valence-electron chi connectivity index (χ1n) is 8.40. The van der Waals surface area contributed by atoms with Crippen molar-refractivity contribution in [1.82, 2.24) is 4.90 Å². The van der Waals surface area contributed by atoms with Gasteiger partial charge in [-0.1, -0.05) is 0 Å². The van der Waals surface area contributed by atoms with Crippen LogP contribution in [0.5, 0.6) is 5.75 Å². The summed E-state index contributed by atoms with van der Waals surface area (Å²) in [6, 6.07) is 5.61.